The number of amides is 1. The number of carbonyl (C=O) groups is 1. The lowest BCUT2D eigenvalue weighted by molar-refractivity contribution is 0.0955. The molecule has 96 valence electrons. The molecule has 0 spiro atoms. The van der Waals surface area contributed by atoms with Gasteiger partial charge in [0.05, 0.1) is 6.21 Å². The highest BCUT2D eigenvalue weighted by Crippen LogP contribution is 2.06. The van der Waals surface area contributed by atoms with E-state index in [1.165, 1.54) is 0 Å². The van der Waals surface area contributed by atoms with E-state index in [0.29, 0.717) is 5.56 Å². The molecule has 0 saturated carbocycles. The third-order valence-corrected chi connectivity index (χ3v) is 3.18. The Hall–Kier alpha value is -1.69. The Kier molecular flexibility index (Phi) is 4.68. The van der Waals surface area contributed by atoms with E-state index in [2.05, 4.69) is 33.1 Å². The van der Waals surface area contributed by atoms with Gasteiger partial charge in [-0.3, -0.25) is 4.79 Å². The van der Waals surface area contributed by atoms with Crippen molar-refractivity contribution < 1.29 is 4.79 Å². The van der Waals surface area contributed by atoms with Crippen LogP contribution in [0.1, 0.15) is 21.5 Å². The van der Waals surface area contributed by atoms with Crippen LogP contribution < -0.4 is 5.43 Å². The fourth-order valence-corrected chi connectivity index (χ4v) is 2.17. The summed E-state index contributed by atoms with van der Waals surface area (Å²) in [5, 5.41) is 3.96. The zero-order valence-electron chi connectivity index (χ0n) is 10.4. The Balaban J connectivity index is 2.01. The predicted molar refractivity (Wildman–Crippen MR) is 85.4 cm³/mol. The van der Waals surface area contributed by atoms with Crippen LogP contribution in [0.25, 0.3) is 0 Å². The van der Waals surface area contributed by atoms with Crippen molar-refractivity contribution in [1.29, 1.82) is 0 Å². The highest BCUT2D eigenvalue weighted by Gasteiger charge is 2.02. The second-order valence-corrected chi connectivity index (χ2v) is 5.37. The molecule has 2 aromatic rings. The van der Waals surface area contributed by atoms with Crippen LogP contribution in [0.15, 0.2) is 53.6 Å². The smallest absolute Gasteiger partial charge is 0.267 e. The summed E-state index contributed by atoms with van der Waals surface area (Å²) in [6.07, 6.45) is 1.63. The van der Waals surface area contributed by atoms with E-state index in [4.69, 9.17) is 0 Å². The number of benzene rings is 2. The minimum Gasteiger partial charge on any atom is -0.267 e. The first-order valence-electron chi connectivity index (χ1n) is 5.81. The van der Waals surface area contributed by atoms with Gasteiger partial charge in [0.25, 0.3) is 5.91 Å². The van der Waals surface area contributed by atoms with Gasteiger partial charge in [-0.05, 0) is 59.3 Å². The number of halogens is 1. The maximum Gasteiger partial charge on any atom is 0.271 e. The first-order valence-corrected chi connectivity index (χ1v) is 6.89. The van der Waals surface area contributed by atoms with Crippen LogP contribution in [0.4, 0.5) is 0 Å². The summed E-state index contributed by atoms with van der Waals surface area (Å²) in [5.74, 6) is -0.203. The lowest BCUT2D eigenvalue weighted by Gasteiger charge is -2.00. The third-order valence-electron chi connectivity index (χ3n) is 2.51. The molecule has 0 unspecified atom stereocenters. The maximum absolute atomic E-state index is 11.8. The summed E-state index contributed by atoms with van der Waals surface area (Å²) < 4.78 is 1.13. The number of nitrogens with zero attached hydrogens (tertiary/aromatic N) is 1. The Labute approximate surface area is 125 Å². The van der Waals surface area contributed by atoms with Crippen molar-refractivity contribution in [2.75, 3.05) is 0 Å². The van der Waals surface area contributed by atoms with Crippen LogP contribution >= 0.6 is 22.6 Å². The highest BCUT2D eigenvalue weighted by molar-refractivity contribution is 14.1. The molecule has 0 aromatic heterocycles. The summed E-state index contributed by atoms with van der Waals surface area (Å²) in [6, 6.07) is 15.3. The Morgan fingerprint density at radius 2 is 2.00 bits per heavy atom. The predicted octanol–water partition coefficient (Wildman–Crippen LogP) is 3.36. The van der Waals surface area contributed by atoms with E-state index in [1.54, 1.807) is 12.3 Å². The zero-order chi connectivity index (χ0) is 13.7. The summed E-state index contributed by atoms with van der Waals surface area (Å²) in [4.78, 5) is 11.8. The first kappa shape index (κ1) is 13.7. The molecule has 1 N–H and O–H groups in total. The second kappa shape index (κ2) is 6.47. The van der Waals surface area contributed by atoms with Crippen molar-refractivity contribution >= 4 is 34.7 Å². The molecule has 0 aliphatic heterocycles. The molecule has 0 fully saturated rings. The van der Waals surface area contributed by atoms with Crippen molar-refractivity contribution in [2.24, 2.45) is 5.10 Å². The molecule has 0 atom stereocenters. The van der Waals surface area contributed by atoms with Gasteiger partial charge in [-0.2, -0.15) is 5.10 Å². The van der Waals surface area contributed by atoms with Crippen molar-refractivity contribution in [3.8, 4) is 0 Å². The first-order chi connectivity index (χ1) is 9.15. The number of hydrogen-bond donors (Lipinski definition) is 1. The summed E-state index contributed by atoms with van der Waals surface area (Å²) in [5.41, 5.74) is 5.14. The van der Waals surface area contributed by atoms with Crippen molar-refractivity contribution in [2.45, 2.75) is 6.92 Å². The van der Waals surface area contributed by atoms with Gasteiger partial charge in [0, 0.05) is 9.13 Å². The number of hydrogen-bond acceptors (Lipinski definition) is 2. The lowest BCUT2D eigenvalue weighted by atomic mass is 10.1. The van der Waals surface area contributed by atoms with E-state index in [1.807, 2.05) is 49.4 Å². The second-order valence-electron chi connectivity index (χ2n) is 4.12. The van der Waals surface area contributed by atoms with Crippen LogP contribution in [0, 0.1) is 10.5 Å². The van der Waals surface area contributed by atoms with Gasteiger partial charge in [0.1, 0.15) is 0 Å². The van der Waals surface area contributed by atoms with Gasteiger partial charge in [0.15, 0.2) is 0 Å². The van der Waals surface area contributed by atoms with Crippen molar-refractivity contribution in [3.05, 3.63) is 68.8 Å². The van der Waals surface area contributed by atoms with Gasteiger partial charge in [-0.1, -0.05) is 29.8 Å². The number of aryl methyl sites for hydroxylation is 1. The largest absolute Gasteiger partial charge is 0.271 e. The van der Waals surface area contributed by atoms with Crippen LogP contribution in [-0.2, 0) is 0 Å². The Morgan fingerprint density at radius 3 is 2.74 bits per heavy atom. The summed E-state index contributed by atoms with van der Waals surface area (Å²) in [7, 11) is 0. The minimum absolute atomic E-state index is 0.203. The normalized spacial score (nSPS) is 10.6. The standard InChI is InChI=1S/C15H13IN2O/c1-11-4-2-6-13(8-11)15(19)18-17-10-12-5-3-7-14(16)9-12/h2-10H,1H3,(H,18,19)/b17-10+. The van der Waals surface area contributed by atoms with E-state index in [0.717, 1.165) is 14.7 Å². The van der Waals surface area contributed by atoms with Crippen LogP contribution in [0.2, 0.25) is 0 Å². The topological polar surface area (TPSA) is 41.5 Å². The Morgan fingerprint density at radius 1 is 1.21 bits per heavy atom. The molecule has 0 aliphatic rings. The molecule has 1 amide bonds. The average Bonchev–Trinajstić information content (AvgIpc) is 2.38. The molecule has 0 heterocycles. The van der Waals surface area contributed by atoms with Gasteiger partial charge < -0.3 is 0 Å². The van der Waals surface area contributed by atoms with E-state index < -0.39 is 0 Å². The van der Waals surface area contributed by atoms with Gasteiger partial charge in [-0.15, -0.1) is 0 Å². The van der Waals surface area contributed by atoms with Gasteiger partial charge in [0.2, 0.25) is 0 Å². The molecule has 0 bridgehead atoms. The SMILES string of the molecule is Cc1cccc(C(=O)N/N=C/c2cccc(I)c2)c1. The molecule has 0 radical (unpaired) electrons. The monoisotopic (exact) mass is 364 g/mol. The molecular formula is C15H13IN2O. The lowest BCUT2D eigenvalue weighted by Crippen LogP contribution is -2.17. The molecule has 19 heavy (non-hydrogen) atoms. The highest BCUT2D eigenvalue weighted by atomic mass is 127. The Bertz CT molecular complexity index is 623. The average molecular weight is 364 g/mol. The fourth-order valence-electron chi connectivity index (χ4n) is 1.60. The number of nitrogens with one attached hydrogen (secondary N) is 1. The number of hydrazone groups is 1. The van der Waals surface area contributed by atoms with E-state index >= 15 is 0 Å². The van der Waals surface area contributed by atoms with Gasteiger partial charge >= 0.3 is 0 Å². The van der Waals surface area contributed by atoms with Crippen LogP contribution in [0.3, 0.4) is 0 Å². The fraction of sp³-hybridized carbons (Fsp3) is 0.0667. The zero-order valence-corrected chi connectivity index (χ0v) is 12.6. The summed E-state index contributed by atoms with van der Waals surface area (Å²) in [6.45, 7) is 1.95. The van der Waals surface area contributed by atoms with E-state index in [9.17, 15) is 4.79 Å². The van der Waals surface area contributed by atoms with Crippen molar-refractivity contribution in [3.63, 3.8) is 0 Å². The molecule has 2 aromatic carbocycles. The van der Waals surface area contributed by atoms with Gasteiger partial charge in [-0.25, -0.2) is 5.43 Å². The minimum atomic E-state index is -0.203. The van der Waals surface area contributed by atoms with Crippen LogP contribution in [0.5, 0.6) is 0 Å². The molecular weight excluding hydrogens is 351 g/mol. The third kappa shape index (κ3) is 4.17. The molecule has 0 aliphatic carbocycles. The van der Waals surface area contributed by atoms with E-state index in [-0.39, 0.29) is 5.91 Å². The molecule has 2 rings (SSSR count). The van der Waals surface area contributed by atoms with Crippen LogP contribution in [-0.4, -0.2) is 12.1 Å². The number of rotatable bonds is 3. The summed E-state index contributed by atoms with van der Waals surface area (Å²) >= 11 is 2.23. The van der Waals surface area contributed by atoms with Crippen molar-refractivity contribution in [1.82, 2.24) is 5.43 Å². The maximum atomic E-state index is 11.8. The number of carbonyl (C=O) groups excluding carboxylic acids is 1. The quantitative estimate of drug-likeness (QED) is 0.507. The molecule has 0 saturated heterocycles. The molecule has 4 heteroatoms. The molecule has 3 nitrogen and oxygen atoms in total.